The van der Waals surface area contributed by atoms with E-state index in [1.807, 2.05) is 20.8 Å². The fourth-order valence-electron chi connectivity index (χ4n) is 1.34. The third-order valence-corrected chi connectivity index (χ3v) is 3.39. The zero-order chi connectivity index (χ0) is 13.7. The summed E-state index contributed by atoms with van der Waals surface area (Å²) >= 11 is 0. The van der Waals surface area contributed by atoms with Crippen molar-refractivity contribution in [1.29, 1.82) is 0 Å². The highest BCUT2D eigenvalue weighted by Gasteiger charge is 2.28. The quantitative estimate of drug-likeness (QED) is 0.576. The zero-order valence-electron chi connectivity index (χ0n) is 12.3. The van der Waals surface area contributed by atoms with Gasteiger partial charge in [0.05, 0.1) is 6.61 Å². The molecule has 0 radical (unpaired) electrons. The van der Waals surface area contributed by atoms with E-state index < -0.39 is 6.04 Å². The molecule has 0 aromatic heterocycles. The van der Waals surface area contributed by atoms with Crippen molar-refractivity contribution in [2.45, 2.75) is 66.8 Å². The number of nitrogens with two attached hydrogens (primary N) is 1. The van der Waals surface area contributed by atoms with Crippen molar-refractivity contribution in [3.8, 4) is 0 Å². The molecular weight excluding hydrogens is 214 g/mol. The molecule has 0 saturated heterocycles. The fraction of sp³-hybridized carbons (Fsp3) is 0.929. The first-order valence-electron chi connectivity index (χ1n) is 6.52. The average Bonchev–Trinajstić information content (AvgIpc) is 2.21. The number of carbonyl (C=O) groups is 1. The lowest BCUT2D eigenvalue weighted by molar-refractivity contribution is -0.148. The molecule has 0 rings (SSSR count). The number of carbonyl (C=O) groups excluding carboxylic acids is 1. The molecule has 0 aliphatic carbocycles. The Morgan fingerprint density at radius 1 is 1.24 bits per heavy atom. The second kappa shape index (κ2) is 6.39. The van der Waals surface area contributed by atoms with E-state index in [4.69, 9.17) is 10.5 Å². The molecule has 0 aliphatic rings. The molecule has 0 fully saturated rings. The molecule has 0 saturated carbocycles. The van der Waals surface area contributed by atoms with Crippen LogP contribution in [0.15, 0.2) is 0 Å². The monoisotopic (exact) mass is 243 g/mol. The van der Waals surface area contributed by atoms with Crippen LogP contribution in [0.1, 0.15) is 60.8 Å². The SMILES string of the molecule is CCC(C)(C)CCCOC(=O)[C@H](N)C(C)(C)C. The molecule has 17 heavy (non-hydrogen) atoms. The van der Waals surface area contributed by atoms with Gasteiger partial charge in [-0.2, -0.15) is 0 Å². The van der Waals surface area contributed by atoms with Crippen LogP contribution in [0.3, 0.4) is 0 Å². The minimum absolute atomic E-state index is 0.236. The average molecular weight is 243 g/mol. The molecule has 0 heterocycles. The van der Waals surface area contributed by atoms with Gasteiger partial charge in [0.25, 0.3) is 0 Å². The minimum atomic E-state index is -0.540. The Bertz CT molecular complexity index is 241. The van der Waals surface area contributed by atoms with Gasteiger partial charge in [0.2, 0.25) is 0 Å². The molecule has 0 aromatic carbocycles. The second-order valence-corrected chi connectivity index (χ2v) is 6.63. The molecule has 1 atom stereocenters. The van der Waals surface area contributed by atoms with Crippen molar-refractivity contribution in [2.75, 3.05) is 6.61 Å². The maximum Gasteiger partial charge on any atom is 0.323 e. The summed E-state index contributed by atoms with van der Waals surface area (Å²) in [4.78, 5) is 11.6. The highest BCUT2D eigenvalue weighted by Crippen LogP contribution is 2.26. The van der Waals surface area contributed by atoms with E-state index in [1.165, 1.54) is 0 Å². The number of esters is 1. The number of hydrogen-bond acceptors (Lipinski definition) is 3. The zero-order valence-corrected chi connectivity index (χ0v) is 12.3. The predicted octanol–water partition coefficient (Wildman–Crippen LogP) is 3.12. The van der Waals surface area contributed by atoms with Crippen LogP contribution in [0.25, 0.3) is 0 Å². The molecule has 3 heteroatoms. The summed E-state index contributed by atoms with van der Waals surface area (Å²) in [5.41, 5.74) is 5.91. The summed E-state index contributed by atoms with van der Waals surface area (Å²) in [6.07, 6.45) is 3.12. The topological polar surface area (TPSA) is 52.3 Å². The van der Waals surface area contributed by atoms with Crippen LogP contribution in [0.4, 0.5) is 0 Å². The van der Waals surface area contributed by atoms with Crippen LogP contribution in [0.5, 0.6) is 0 Å². The van der Waals surface area contributed by atoms with Gasteiger partial charge in [0.1, 0.15) is 6.04 Å². The minimum Gasteiger partial charge on any atom is -0.465 e. The van der Waals surface area contributed by atoms with Crippen LogP contribution in [-0.4, -0.2) is 18.6 Å². The number of rotatable bonds is 6. The van der Waals surface area contributed by atoms with Gasteiger partial charge < -0.3 is 10.5 Å². The molecule has 2 N–H and O–H groups in total. The summed E-state index contributed by atoms with van der Waals surface area (Å²) in [5.74, 6) is -0.285. The van der Waals surface area contributed by atoms with E-state index >= 15 is 0 Å². The van der Waals surface area contributed by atoms with Crippen molar-refractivity contribution in [3.05, 3.63) is 0 Å². The molecule has 0 spiro atoms. The summed E-state index contributed by atoms with van der Waals surface area (Å²) in [5, 5.41) is 0. The highest BCUT2D eigenvalue weighted by molar-refractivity contribution is 5.76. The predicted molar refractivity (Wildman–Crippen MR) is 71.7 cm³/mol. The Morgan fingerprint density at radius 3 is 2.18 bits per heavy atom. The Balaban J connectivity index is 3.88. The second-order valence-electron chi connectivity index (χ2n) is 6.63. The van der Waals surface area contributed by atoms with E-state index in [0.29, 0.717) is 12.0 Å². The van der Waals surface area contributed by atoms with Gasteiger partial charge in [0, 0.05) is 0 Å². The molecule has 0 bridgehead atoms. The molecule has 3 nitrogen and oxygen atoms in total. The van der Waals surface area contributed by atoms with Crippen molar-refractivity contribution in [3.63, 3.8) is 0 Å². The van der Waals surface area contributed by atoms with E-state index in [0.717, 1.165) is 19.3 Å². The largest absolute Gasteiger partial charge is 0.465 e. The molecule has 102 valence electrons. The molecule has 0 amide bonds. The van der Waals surface area contributed by atoms with Gasteiger partial charge in [-0.1, -0.05) is 48.0 Å². The van der Waals surface area contributed by atoms with Gasteiger partial charge >= 0.3 is 5.97 Å². The summed E-state index contributed by atoms with van der Waals surface area (Å²) in [6, 6.07) is -0.540. The molecule has 0 unspecified atom stereocenters. The van der Waals surface area contributed by atoms with Gasteiger partial charge in [-0.15, -0.1) is 0 Å². The Hall–Kier alpha value is -0.570. The summed E-state index contributed by atoms with van der Waals surface area (Å²) < 4.78 is 5.21. The summed E-state index contributed by atoms with van der Waals surface area (Å²) in [7, 11) is 0. The first-order chi connectivity index (χ1) is 7.60. The third kappa shape index (κ3) is 6.67. The van der Waals surface area contributed by atoms with E-state index in [1.54, 1.807) is 0 Å². The van der Waals surface area contributed by atoms with Crippen LogP contribution in [0.2, 0.25) is 0 Å². The molecule has 0 aromatic rings. The van der Waals surface area contributed by atoms with E-state index in [9.17, 15) is 4.79 Å². The number of ether oxygens (including phenoxy) is 1. The normalized spacial score (nSPS) is 14.5. The van der Waals surface area contributed by atoms with Crippen molar-refractivity contribution < 1.29 is 9.53 Å². The lowest BCUT2D eigenvalue weighted by Crippen LogP contribution is -2.43. The molecule has 0 aliphatic heterocycles. The summed E-state index contributed by atoms with van der Waals surface area (Å²) in [6.45, 7) is 13.0. The maximum absolute atomic E-state index is 11.6. The van der Waals surface area contributed by atoms with E-state index in [-0.39, 0.29) is 11.4 Å². The smallest absolute Gasteiger partial charge is 0.323 e. The van der Waals surface area contributed by atoms with Crippen molar-refractivity contribution in [2.24, 2.45) is 16.6 Å². The Labute approximate surface area is 106 Å². The molecular formula is C14H29NO2. The standard InChI is InChI=1S/C14H29NO2/c1-7-14(5,6)9-8-10-17-12(16)11(15)13(2,3)4/h11H,7-10,15H2,1-6H3/t11-/m0/s1. The van der Waals surface area contributed by atoms with Crippen LogP contribution in [-0.2, 0) is 9.53 Å². The first-order valence-corrected chi connectivity index (χ1v) is 6.52. The Morgan fingerprint density at radius 2 is 1.76 bits per heavy atom. The van der Waals surface area contributed by atoms with Gasteiger partial charge in [-0.3, -0.25) is 4.79 Å². The van der Waals surface area contributed by atoms with Gasteiger partial charge in [-0.05, 0) is 23.7 Å². The van der Waals surface area contributed by atoms with Crippen LogP contribution >= 0.6 is 0 Å². The maximum atomic E-state index is 11.6. The van der Waals surface area contributed by atoms with Crippen molar-refractivity contribution >= 4 is 5.97 Å². The van der Waals surface area contributed by atoms with Crippen LogP contribution < -0.4 is 5.73 Å². The lowest BCUT2D eigenvalue weighted by Gasteiger charge is -2.25. The van der Waals surface area contributed by atoms with Crippen molar-refractivity contribution in [1.82, 2.24) is 0 Å². The highest BCUT2D eigenvalue weighted by atomic mass is 16.5. The van der Waals surface area contributed by atoms with Crippen LogP contribution in [0, 0.1) is 10.8 Å². The first kappa shape index (κ1) is 16.4. The third-order valence-electron chi connectivity index (χ3n) is 3.39. The number of hydrogen-bond donors (Lipinski definition) is 1. The van der Waals surface area contributed by atoms with Gasteiger partial charge in [-0.25, -0.2) is 0 Å². The van der Waals surface area contributed by atoms with Gasteiger partial charge in [0.15, 0.2) is 0 Å². The van der Waals surface area contributed by atoms with E-state index in [2.05, 4.69) is 20.8 Å². The Kier molecular flexibility index (Phi) is 6.17. The fourth-order valence-corrected chi connectivity index (χ4v) is 1.34. The lowest BCUT2D eigenvalue weighted by atomic mass is 9.85.